The van der Waals surface area contributed by atoms with Crippen LogP contribution >= 0.6 is 11.6 Å². The van der Waals surface area contributed by atoms with Crippen molar-refractivity contribution in [1.29, 1.82) is 0 Å². The van der Waals surface area contributed by atoms with Gasteiger partial charge in [-0.3, -0.25) is 4.79 Å². The zero-order valence-electron chi connectivity index (χ0n) is 12.8. The number of aromatic nitrogens is 2. The largest absolute Gasteiger partial charge is 0.434 e. The van der Waals surface area contributed by atoms with Crippen LogP contribution in [0.5, 0.6) is 0 Å². The lowest BCUT2D eigenvalue weighted by Gasteiger charge is -2.13. The van der Waals surface area contributed by atoms with Crippen molar-refractivity contribution in [3.63, 3.8) is 0 Å². The van der Waals surface area contributed by atoms with Crippen LogP contribution in [0.3, 0.4) is 0 Å². The van der Waals surface area contributed by atoms with E-state index in [1.807, 2.05) is 0 Å². The molecule has 9 heteroatoms. The number of benzene rings is 1. The number of amides is 1. The number of hydrogen-bond acceptors (Lipinski definition) is 3. The lowest BCUT2D eigenvalue weighted by atomic mass is 10.2. The molecular formula is C15H16ClF3N4O. The van der Waals surface area contributed by atoms with Gasteiger partial charge in [0.05, 0.1) is 17.4 Å². The highest BCUT2D eigenvalue weighted by molar-refractivity contribution is 6.30. The first kappa shape index (κ1) is 18.3. The molecule has 0 saturated heterocycles. The monoisotopic (exact) mass is 360 g/mol. The molecule has 2 rings (SSSR count). The molecule has 1 aromatic carbocycles. The average molecular weight is 361 g/mol. The molecule has 0 spiro atoms. The molecule has 0 saturated carbocycles. The number of halogens is 4. The van der Waals surface area contributed by atoms with Crippen molar-refractivity contribution in [2.45, 2.75) is 12.6 Å². The highest BCUT2D eigenvalue weighted by atomic mass is 35.5. The van der Waals surface area contributed by atoms with Crippen LogP contribution in [-0.2, 0) is 6.18 Å². The Morgan fingerprint density at radius 1 is 1.25 bits per heavy atom. The Bertz CT molecular complexity index is 698. The van der Waals surface area contributed by atoms with E-state index in [1.54, 1.807) is 7.05 Å². The first-order valence-electron chi connectivity index (χ1n) is 7.18. The minimum Gasteiger partial charge on any atom is -0.352 e. The predicted molar refractivity (Wildman–Crippen MR) is 84.5 cm³/mol. The van der Waals surface area contributed by atoms with Gasteiger partial charge in [-0.15, -0.1) is 0 Å². The fourth-order valence-corrected chi connectivity index (χ4v) is 2.25. The Hall–Kier alpha value is -2.06. The van der Waals surface area contributed by atoms with Crippen LogP contribution in [0.25, 0.3) is 5.69 Å². The molecule has 0 aliphatic carbocycles. The van der Waals surface area contributed by atoms with E-state index in [4.69, 9.17) is 11.6 Å². The Labute approximate surface area is 141 Å². The summed E-state index contributed by atoms with van der Waals surface area (Å²) in [6.07, 6.45) is -3.20. The summed E-state index contributed by atoms with van der Waals surface area (Å²) in [6, 6.07) is 5.71. The van der Waals surface area contributed by atoms with Crippen molar-refractivity contribution in [2.24, 2.45) is 0 Å². The molecule has 0 radical (unpaired) electrons. The van der Waals surface area contributed by atoms with Gasteiger partial charge in [0, 0.05) is 11.6 Å². The molecule has 0 atom stereocenters. The number of carbonyl (C=O) groups excluding carboxylic acids is 1. The molecule has 2 N–H and O–H groups in total. The quantitative estimate of drug-likeness (QED) is 0.779. The maximum Gasteiger partial charge on any atom is 0.434 e. The van der Waals surface area contributed by atoms with E-state index < -0.39 is 23.3 Å². The minimum absolute atomic E-state index is 0.168. The fraction of sp³-hybridized carbons (Fsp3) is 0.333. The highest BCUT2D eigenvalue weighted by Crippen LogP contribution is 2.33. The third kappa shape index (κ3) is 4.27. The van der Waals surface area contributed by atoms with Crippen molar-refractivity contribution in [3.05, 3.63) is 46.7 Å². The number of rotatable bonds is 6. The average Bonchev–Trinajstić information content (AvgIpc) is 2.97. The fourth-order valence-electron chi connectivity index (χ4n) is 2.13. The second-order valence-corrected chi connectivity index (χ2v) is 5.44. The third-order valence-electron chi connectivity index (χ3n) is 3.24. The van der Waals surface area contributed by atoms with Crippen LogP contribution in [0.1, 0.15) is 22.5 Å². The van der Waals surface area contributed by atoms with Crippen molar-refractivity contribution in [2.75, 3.05) is 20.1 Å². The maximum absolute atomic E-state index is 13.4. The second kappa shape index (κ2) is 7.67. The molecule has 130 valence electrons. The van der Waals surface area contributed by atoms with Crippen LogP contribution in [0.2, 0.25) is 5.02 Å². The number of nitrogens with one attached hydrogen (secondary N) is 2. The van der Waals surface area contributed by atoms with Crippen molar-refractivity contribution < 1.29 is 18.0 Å². The normalized spacial score (nSPS) is 11.5. The summed E-state index contributed by atoms with van der Waals surface area (Å²) < 4.78 is 41.0. The first-order chi connectivity index (χ1) is 11.3. The van der Waals surface area contributed by atoms with E-state index in [9.17, 15) is 18.0 Å². The Balaban J connectivity index is 2.33. The molecule has 0 bridgehead atoms. The first-order valence-corrected chi connectivity index (χ1v) is 7.56. The smallest absolute Gasteiger partial charge is 0.352 e. The van der Waals surface area contributed by atoms with Crippen molar-refractivity contribution in [3.8, 4) is 5.69 Å². The van der Waals surface area contributed by atoms with Crippen LogP contribution in [0.15, 0.2) is 30.5 Å². The van der Waals surface area contributed by atoms with Gasteiger partial charge in [-0.1, -0.05) is 11.6 Å². The van der Waals surface area contributed by atoms with Crippen LogP contribution < -0.4 is 10.6 Å². The number of nitrogens with zero attached hydrogens (tertiary/aromatic N) is 2. The summed E-state index contributed by atoms with van der Waals surface area (Å²) in [5.74, 6) is -0.807. The molecule has 0 fully saturated rings. The van der Waals surface area contributed by atoms with Gasteiger partial charge in [0.2, 0.25) is 0 Å². The summed E-state index contributed by atoms with van der Waals surface area (Å²) >= 11 is 5.75. The van der Waals surface area contributed by atoms with E-state index in [2.05, 4.69) is 15.7 Å². The molecular weight excluding hydrogens is 345 g/mol. The Kier molecular flexibility index (Phi) is 5.84. The van der Waals surface area contributed by atoms with E-state index in [-0.39, 0.29) is 12.2 Å². The van der Waals surface area contributed by atoms with Gasteiger partial charge in [-0.05, 0) is 44.3 Å². The topological polar surface area (TPSA) is 58.9 Å². The molecule has 1 aromatic heterocycles. The Morgan fingerprint density at radius 2 is 1.92 bits per heavy atom. The lowest BCUT2D eigenvalue weighted by Crippen LogP contribution is -2.28. The third-order valence-corrected chi connectivity index (χ3v) is 3.49. The van der Waals surface area contributed by atoms with E-state index >= 15 is 0 Å². The predicted octanol–water partition coefficient (Wildman–Crippen LogP) is 2.88. The molecule has 1 amide bonds. The van der Waals surface area contributed by atoms with Gasteiger partial charge < -0.3 is 10.6 Å². The van der Waals surface area contributed by atoms with E-state index in [0.29, 0.717) is 22.7 Å². The molecule has 0 aliphatic rings. The van der Waals surface area contributed by atoms with Crippen LogP contribution in [0.4, 0.5) is 13.2 Å². The summed E-state index contributed by atoms with van der Waals surface area (Å²) in [5, 5.41) is 9.47. The maximum atomic E-state index is 13.4. The number of alkyl halides is 3. The summed E-state index contributed by atoms with van der Waals surface area (Å²) in [7, 11) is 1.75. The minimum atomic E-state index is -4.73. The van der Waals surface area contributed by atoms with E-state index in [1.165, 1.54) is 24.3 Å². The van der Waals surface area contributed by atoms with Crippen LogP contribution in [-0.4, -0.2) is 35.8 Å². The van der Waals surface area contributed by atoms with Crippen LogP contribution in [0, 0.1) is 0 Å². The molecule has 0 unspecified atom stereocenters. The van der Waals surface area contributed by atoms with Gasteiger partial charge in [0.1, 0.15) is 0 Å². The van der Waals surface area contributed by atoms with Gasteiger partial charge in [0.25, 0.3) is 5.91 Å². The SMILES string of the molecule is CNCCCNC(=O)c1cnn(-c2ccc(Cl)cc2)c1C(F)(F)F. The molecule has 1 heterocycles. The Morgan fingerprint density at radius 3 is 2.50 bits per heavy atom. The molecule has 2 aromatic rings. The van der Waals surface area contributed by atoms with Gasteiger partial charge in [-0.2, -0.15) is 18.3 Å². The number of hydrogen-bond donors (Lipinski definition) is 2. The van der Waals surface area contributed by atoms with Gasteiger partial charge in [-0.25, -0.2) is 4.68 Å². The zero-order valence-corrected chi connectivity index (χ0v) is 13.6. The summed E-state index contributed by atoms with van der Waals surface area (Å²) in [5.41, 5.74) is -1.46. The molecule has 24 heavy (non-hydrogen) atoms. The number of carbonyl (C=O) groups is 1. The zero-order chi connectivity index (χ0) is 17.7. The van der Waals surface area contributed by atoms with E-state index in [0.717, 1.165) is 6.20 Å². The molecule has 0 aliphatic heterocycles. The standard InChI is InChI=1S/C15H16ClF3N4O/c1-20-7-2-8-21-14(24)12-9-22-23(13(12)15(17,18)19)11-5-3-10(16)4-6-11/h3-6,9,20H,2,7-8H2,1H3,(H,21,24). The molecule has 5 nitrogen and oxygen atoms in total. The summed E-state index contributed by atoms with van der Waals surface area (Å²) in [4.78, 5) is 12.1. The lowest BCUT2D eigenvalue weighted by molar-refractivity contribution is -0.143. The highest BCUT2D eigenvalue weighted by Gasteiger charge is 2.40. The van der Waals surface area contributed by atoms with Gasteiger partial charge in [0.15, 0.2) is 5.69 Å². The van der Waals surface area contributed by atoms with Crippen molar-refractivity contribution in [1.82, 2.24) is 20.4 Å². The summed E-state index contributed by atoms with van der Waals surface area (Å²) in [6.45, 7) is 0.916. The van der Waals surface area contributed by atoms with Gasteiger partial charge >= 0.3 is 6.18 Å². The van der Waals surface area contributed by atoms with Crippen molar-refractivity contribution >= 4 is 17.5 Å². The second-order valence-electron chi connectivity index (χ2n) is 5.01.